The molecule has 0 aromatic carbocycles. The van der Waals surface area contributed by atoms with E-state index < -0.39 is 12.1 Å². The monoisotopic (exact) mass is 369 g/mol. The van der Waals surface area contributed by atoms with Crippen LogP contribution in [0.1, 0.15) is 18.4 Å². The maximum Gasteiger partial charge on any atom is 0.327 e. The van der Waals surface area contributed by atoms with Gasteiger partial charge in [-0.1, -0.05) is 0 Å². The Morgan fingerprint density at radius 3 is 2.95 bits per heavy atom. The molecule has 1 aromatic heterocycles. The molecule has 22 heavy (non-hydrogen) atoms. The number of ether oxygens (including phenoxy) is 1. The summed E-state index contributed by atoms with van der Waals surface area (Å²) in [5, 5.41) is 10.0. The Morgan fingerprint density at radius 2 is 2.27 bits per heavy atom. The molecule has 0 saturated carbocycles. The Bertz CT molecular complexity index is 624. The van der Waals surface area contributed by atoms with Gasteiger partial charge in [0.15, 0.2) is 0 Å². The fraction of sp³-hybridized carbons (Fsp3) is 0.500. The van der Waals surface area contributed by atoms with Gasteiger partial charge >= 0.3 is 6.03 Å². The number of nitrogens with zero attached hydrogens (tertiary/aromatic N) is 3. The van der Waals surface area contributed by atoms with Crippen LogP contribution in [0.4, 0.5) is 4.79 Å². The minimum atomic E-state index is -0.794. The molecule has 2 fully saturated rings. The number of hydrogen-bond acceptors (Lipinski definition) is 5. The van der Waals surface area contributed by atoms with Crippen LogP contribution >= 0.6 is 15.9 Å². The van der Waals surface area contributed by atoms with Gasteiger partial charge in [0.25, 0.3) is 5.91 Å². The minimum absolute atomic E-state index is 0.0764. The molecular weight excluding hydrogens is 354 g/mol. The standard InChI is InChI=1S/C14H16BrN3O4/c1-22-12-8(5-9(15)6-16-12)7-18-13(20)11-10(19)3-2-4-17(11)14(18)21/h5-6,10-11,19H,2-4,7H2,1H3. The molecule has 2 unspecified atom stereocenters. The highest BCUT2D eigenvalue weighted by molar-refractivity contribution is 9.10. The fourth-order valence-electron chi connectivity index (χ4n) is 2.98. The molecule has 0 aliphatic carbocycles. The SMILES string of the molecule is COc1ncc(Br)cc1CN1C(=O)C2C(O)CCCN2C1=O. The average molecular weight is 370 g/mol. The number of carbonyl (C=O) groups is 2. The molecule has 7 nitrogen and oxygen atoms in total. The number of halogens is 1. The number of methoxy groups -OCH3 is 1. The van der Waals surface area contributed by atoms with Crippen molar-refractivity contribution in [3.63, 3.8) is 0 Å². The van der Waals surface area contributed by atoms with Crippen LogP contribution in [-0.4, -0.2) is 57.6 Å². The maximum atomic E-state index is 12.5. The molecular formula is C14H16BrN3O4. The summed E-state index contributed by atoms with van der Waals surface area (Å²) in [6.07, 6.45) is 2.03. The molecule has 3 amide bonds. The number of aliphatic hydroxyl groups is 1. The molecule has 3 heterocycles. The van der Waals surface area contributed by atoms with Gasteiger partial charge in [-0.2, -0.15) is 0 Å². The summed E-state index contributed by atoms with van der Waals surface area (Å²) in [5.41, 5.74) is 0.632. The normalized spacial score (nSPS) is 24.7. The molecule has 1 N–H and O–H groups in total. The van der Waals surface area contributed by atoms with Gasteiger partial charge in [-0.15, -0.1) is 0 Å². The summed E-state index contributed by atoms with van der Waals surface area (Å²) in [4.78, 5) is 31.6. The summed E-state index contributed by atoms with van der Waals surface area (Å²) in [6, 6.07) is 0.642. The smallest absolute Gasteiger partial charge is 0.327 e. The Hall–Kier alpha value is -1.67. The molecule has 2 saturated heterocycles. The first-order valence-corrected chi connectivity index (χ1v) is 7.80. The molecule has 2 aliphatic heterocycles. The van der Waals surface area contributed by atoms with E-state index in [2.05, 4.69) is 20.9 Å². The van der Waals surface area contributed by atoms with Crippen molar-refractivity contribution in [3.8, 4) is 5.88 Å². The van der Waals surface area contributed by atoms with E-state index in [1.807, 2.05) is 0 Å². The molecule has 2 atom stereocenters. The lowest BCUT2D eigenvalue weighted by atomic mass is 10.00. The van der Waals surface area contributed by atoms with Crippen molar-refractivity contribution in [2.24, 2.45) is 0 Å². The van der Waals surface area contributed by atoms with Gasteiger partial charge in [0.1, 0.15) is 6.04 Å². The fourth-order valence-corrected chi connectivity index (χ4v) is 3.36. The third kappa shape index (κ3) is 2.46. The van der Waals surface area contributed by atoms with Crippen LogP contribution < -0.4 is 4.74 Å². The number of rotatable bonds is 3. The van der Waals surface area contributed by atoms with Gasteiger partial charge in [0.05, 0.1) is 19.8 Å². The number of urea groups is 1. The number of carbonyl (C=O) groups excluding carboxylic acids is 2. The second kappa shape index (κ2) is 5.85. The Morgan fingerprint density at radius 1 is 1.50 bits per heavy atom. The molecule has 1 aromatic rings. The van der Waals surface area contributed by atoms with E-state index in [4.69, 9.17) is 4.74 Å². The van der Waals surface area contributed by atoms with Crippen LogP contribution in [0.15, 0.2) is 16.7 Å². The third-order valence-electron chi connectivity index (χ3n) is 4.01. The van der Waals surface area contributed by atoms with E-state index >= 15 is 0 Å². The summed E-state index contributed by atoms with van der Waals surface area (Å²) in [5.74, 6) is 0.00782. The molecule has 3 rings (SSSR count). The van der Waals surface area contributed by atoms with Crippen molar-refractivity contribution in [1.82, 2.24) is 14.8 Å². The predicted octanol–water partition coefficient (Wildman–Crippen LogP) is 1.14. The Kier molecular flexibility index (Phi) is 4.05. The lowest BCUT2D eigenvalue weighted by molar-refractivity contribution is -0.132. The van der Waals surface area contributed by atoms with Gasteiger partial charge in [-0.25, -0.2) is 9.78 Å². The average Bonchev–Trinajstić information content (AvgIpc) is 2.74. The number of fused-ring (bicyclic) bond motifs is 1. The zero-order valence-electron chi connectivity index (χ0n) is 12.0. The highest BCUT2D eigenvalue weighted by Crippen LogP contribution is 2.30. The van der Waals surface area contributed by atoms with E-state index in [9.17, 15) is 14.7 Å². The topological polar surface area (TPSA) is 83.0 Å². The second-order valence-electron chi connectivity index (χ2n) is 5.38. The minimum Gasteiger partial charge on any atom is -0.481 e. The van der Waals surface area contributed by atoms with Crippen LogP contribution in [0.5, 0.6) is 5.88 Å². The lowest BCUT2D eigenvalue weighted by Crippen LogP contribution is -2.48. The van der Waals surface area contributed by atoms with Crippen molar-refractivity contribution in [1.29, 1.82) is 0 Å². The first-order chi connectivity index (χ1) is 10.5. The number of pyridine rings is 1. The highest BCUT2D eigenvalue weighted by atomic mass is 79.9. The van der Waals surface area contributed by atoms with Crippen molar-refractivity contribution in [2.75, 3.05) is 13.7 Å². The van der Waals surface area contributed by atoms with Gasteiger partial charge in [0, 0.05) is 22.8 Å². The molecule has 0 radical (unpaired) electrons. The highest BCUT2D eigenvalue weighted by Gasteiger charge is 2.49. The molecule has 0 bridgehead atoms. The van der Waals surface area contributed by atoms with E-state index in [0.29, 0.717) is 30.8 Å². The lowest BCUT2D eigenvalue weighted by Gasteiger charge is -2.30. The van der Waals surface area contributed by atoms with Crippen molar-refractivity contribution in [2.45, 2.75) is 31.5 Å². The molecule has 8 heteroatoms. The number of imide groups is 1. The summed E-state index contributed by atoms with van der Waals surface area (Å²) < 4.78 is 5.91. The van der Waals surface area contributed by atoms with Gasteiger partial charge in [0.2, 0.25) is 5.88 Å². The zero-order chi connectivity index (χ0) is 15.9. The largest absolute Gasteiger partial charge is 0.481 e. The maximum absolute atomic E-state index is 12.5. The van der Waals surface area contributed by atoms with E-state index in [-0.39, 0.29) is 18.5 Å². The van der Waals surface area contributed by atoms with Crippen molar-refractivity contribution < 1.29 is 19.4 Å². The van der Waals surface area contributed by atoms with Crippen LogP contribution in [-0.2, 0) is 11.3 Å². The molecule has 2 aliphatic rings. The second-order valence-corrected chi connectivity index (χ2v) is 6.29. The van der Waals surface area contributed by atoms with Crippen molar-refractivity contribution in [3.05, 3.63) is 22.3 Å². The van der Waals surface area contributed by atoms with Crippen LogP contribution in [0.25, 0.3) is 0 Å². The number of amides is 3. The van der Waals surface area contributed by atoms with E-state index in [1.165, 1.54) is 12.0 Å². The molecule has 118 valence electrons. The quantitative estimate of drug-likeness (QED) is 0.807. The van der Waals surface area contributed by atoms with Gasteiger partial charge in [-0.3, -0.25) is 9.69 Å². The number of aliphatic hydroxyl groups excluding tert-OH is 1. The van der Waals surface area contributed by atoms with Crippen LogP contribution in [0.3, 0.4) is 0 Å². The van der Waals surface area contributed by atoms with Gasteiger partial charge in [-0.05, 0) is 34.8 Å². The Balaban J connectivity index is 1.88. The third-order valence-corrected chi connectivity index (χ3v) is 4.44. The first-order valence-electron chi connectivity index (χ1n) is 7.01. The van der Waals surface area contributed by atoms with Crippen LogP contribution in [0, 0.1) is 0 Å². The summed E-state index contributed by atoms with van der Waals surface area (Å²) in [6.45, 7) is 0.573. The van der Waals surface area contributed by atoms with E-state index in [1.54, 1.807) is 12.3 Å². The molecule has 0 spiro atoms. The predicted molar refractivity (Wildman–Crippen MR) is 80.2 cm³/mol. The van der Waals surface area contributed by atoms with Gasteiger partial charge < -0.3 is 14.7 Å². The number of aromatic nitrogens is 1. The Labute approximate surface area is 136 Å². The summed E-state index contributed by atoms with van der Waals surface area (Å²) >= 11 is 3.32. The summed E-state index contributed by atoms with van der Waals surface area (Å²) in [7, 11) is 1.49. The zero-order valence-corrected chi connectivity index (χ0v) is 13.6. The van der Waals surface area contributed by atoms with Crippen molar-refractivity contribution >= 4 is 27.9 Å². The number of hydrogen-bond donors (Lipinski definition) is 1. The first kappa shape index (κ1) is 15.2. The van der Waals surface area contributed by atoms with E-state index in [0.717, 1.165) is 9.37 Å². The van der Waals surface area contributed by atoms with Crippen LogP contribution in [0.2, 0.25) is 0 Å². The number of piperidine rings is 1.